The van der Waals surface area contributed by atoms with Crippen LogP contribution in [0.4, 0.5) is 0 Å². The molecule has 0 heterocycles. The topological polar surface area (TPSA) is 21.3 Å². The SMILES string of the molecule is CCCNCC(CC(C)OC)c1ccccc1Cl. The van der Waals surface area contributed by atoms with E-state index in [1.165, 1.54) is 5.56 Å². The number of ether oxygens (including phenoxy) is 1. The Balaban J connectivity index is 2.73. The molecule has 0 aliphatic rings. The van der Waals surface area contributed by atoms with Crippen molar-refractivity contribution in [3.05, 3.63) is 34.9 Å². The first kappa shape index (κ1) is 15.5. The molecule has 0 fully saturated rings. The van der Waals surface area contributed by atoms with Gasteiger partial charge in [-0.2, -0.15) is 0 Å². The van der Waals surface area contributed by atoms with E-state index in [9.17, 15) is 0 Å². The van der Waals surface area contributed by atoms with Crippen LogP contribution in [0.1, 0.15) is 38.2 Å². The minimum Gasteiger partial charge on any atom is -0.382 e. The van der Waals surface area contributed by atoms with E-state index in [0.717, 1.165) is 31.0 Å². The Morgan fingerprint density at radius 3 is 2.67 bits per heavy atom. The Morgan fingerprint density at radius 1 is 1.33 bits per heavy atom. The van der Waals surface area contributed by atoms with E-state index in [1.54, 1.807) is 7.11 Å². The van der Waals surface area contributed by atoms with Gasteiger partial charge in [-0.15, -0.1) is 0 Å². The summed E-state index contributed by atoms with van der Waals surface area (Å²) in [6, 6.07) is 8.10. The van der Waals surface area contributed by atoms with Crippen LogP contribution in [0.2, 0.25) is 5.02 Å². The zero-order valence-electron chi connectivity index (χ0n) is 11.6. The van der Waals surface area contributed by atoms with Crippen LogP contribution < -0.4 is 5.32 Å². The molecule has 1 N–H and O–H groups in total. The number of hydrogen-bond acceptors (Lipinski definition) is 2. The van der Waals surface area contributed by atoms with E-state index in [0.29, 0.717) is 5.92 Å². The Hall–Kier alpha value is -0.570. The third-order valence-electron chi connectivity index (χ3n) is 3.18. The van der Waals surface area contributed by atoms with Crippen molar-refractivity contribution in [3.8, 4) is 0 Å². The van der Waals surface area contributed by atoms with Crippen molar-refractivity contribution in [1.29, 1.82) is 0 Å². The molecule has 2 unspecified atom stereocenters. The van der Waals surface area contributed by atoms with E-state index in [4.69, 9.17) is 16.3 Å². The minimum absolute atomic E-state index is 0.245. The van der Waals surface area contributed by atoms with Crippen molar-refractivity contribution in [1.82, 2.24) is 5.32 Å². The quantitative estimate of drug-likeness (QED) is 0.724. The van der Waals surface area contributed by atoms with Crippen LogP contribution in [-0.4, -0.2) is 26.3 Å². The highest BCUT2D eigenvalue weighted by molar-refractivity contribution is 6.31. The molecule has 0 amide bonds. The fourth-order valence-corrected chi connectivity index (χ4v) is 2.37. The zero-order valence-corrected chi connectivity index (χ0v) is 12.3. The van der Waals surface area contributed by atoms with E-state index >= 15 is 0 Å². The molecule has 0 bridgehead atoms. The standard InChI is InChI=1S/C15H24ClNO/c1-4-9-17-11-13(10-12(2)18-3)14-7-5-6-8-15(14)16/h5-8,12-13,17H,4,9-11H2,1-3H3. The monoisotopic (exact) mass is 269 g/mol. The Kier molecular flexibility index (Phi) is 7.33. The lowest BCUT2D eigenvalue weighted by atomic mass is 9.93. The summed E-state index contributed by atoms with van der Waals surface area (Å²) >= 11 is 6.29. The third-order valence-corrected chi connectivity index (χ3v) is 3.53. The van der Waals surface area contributed by atoms with Crippen LogP contribution in [0, 0.1) is 0 Å². The summed E-state index contributed by atoms with van der Waals surface area (Å²) < 4.78 is 5.38. The second-order valence-corrected chi connectivity index (χ2v) is 5.11. The van der Waals surface area contributed by atoms with Crippen molar-refractivity contribution in [2.75, 3.05) is 20.2 Å². The van der Waals surface area contributed by atoms with E-state index in [2.05, 4.69) is 25.2 Å². The van der Waals surface area contributed by atoms with Gasteiger partial charge in [-0.05, 0) is 37.9 Å². The number of rotatable bonds is 8. The van der Waals surface area contributed by atoms with Crippen LogP contribution in [0.5, 0.6) is 0 Å². The Labute approximate surface area is 116 Å². The lowest BCUT2D eigenvalue weighted by Gasteiger charge is -2.22. The smallest absolute Gasteiger partial charge is 0.0549 e. The van der Waals surface area contributed by atoms with Gasteiger partial charge in [-0.3, -0.25) is 0 Å². The molecule has 0 spiro atoms. The fraction of sp³-hybridized carbons (Fsp3) is 0.600. The van der Waals surface area contributed by atoms with Gasteiger partial charge in [0.2, 0.25) is 0 Å². The molecule has 3 heteroatoms. The van der Waals surface area contributed by atoms with Crippen molar-refractivity contribution >= 4 is 11.6 Å². The molecule has 0 saturated carbocycles. The number of benzene rings is 1. The summed E-state index contributed by atoms with van der Waals surface area (Å²) in [4.78, 5) is 0. The maximum Gasteiger partial charge on any atom is 0.0549 e. The Bertz CT molecular complexity index is 343. The maximum absolute atomic E-state index is 6.29. The van der Waals surface area contributed by atoms with Crippen LogP contribution in [-0.2, 0) is 4.74 Å². The van der Waals surface area contributed by atoms with Crippen LogP contribution >= 0.6 is 11.6 Å². The molecule has 1 aromatic carbocycles. The lowest BCUT2D eigenvalue weighted by molar-refractivity contribution is 0.104. The summed E-state index contributed by atoms with van der Waals surface area (Å²) in [5.74, 6) is 0.403. The van der Waals surface area contributed by atoms with Gasteiger partial charge in [0.1, 0.15) is 0 Å². The van der Waals surface area contributed by atoms with Gasteiger partial charge in [0.25, 0.3) is 0 Å². The van der Waals surface area contributed by atoms with Gasteiger partial charge in [0, 0.05) is 24.6 Å². The average Bonchev–Trinajstić information content (AvgIpc) is 2.38. The first-order chi connectivity index (χ1) is 8.69. The van der Waals surface area contributed by atoms with Crippen LogP contribution in [0.15, 0.2) is 24.3 Å². The van der Waals surface area contributed by atoms with Crippen LogP contribution in [0.3, 0.4) is 0 Å². The average molecular weight is 270 g/mol. The highest BCUT2D eigenvalue weighted by Crippen LogP contribution is 2.28. The van der Waals surface area contributed by atoms with Gasteiger partial charge in [-0.25, -0.2) is 0 Å². The van der Waals surface area contributed by atoms with Gasteiger partial charge in [0.15, 0.2) is 0 Å². The van der Waals surface area contributed by atoms with Gasteiger partial charge in [-0.1, -0.05) is 36.7 Å². The number of methoxy groups -OCH3 is 1. The van der Waals surface area contributed by atoms with Crippen molar-refractivity contribution < 1.29 is 4.74 Å². The molecule has 0 aliphatic heterocycles. The molecule has 102 valence electrons. The first-order valence-corrected chi connectivity index (χ1v) is 7.04. The summed E-state index contributed by atoms with van der Waals surface area (Å²) in [7, 11) is 1.76. The normalized spacial score (nSPS) is 14.4. The fourth-order valence-electron chi connectivity index (χ4n) is 2.08. The van der Waals surface area contributed by atoms with Crippen LogP contribution in [0.25, 0.3) is 0 Å². The lowest BCUT2D eigenvalue weighted by Crippen LogP contribution is -2.25. The van der Waals surface area contributed by atoms with E-state index in [-0.39, 0.29) is 6.10 Å². The summed E-state index contributed by atoms with van der Waals surface area (Å²) in [5, 5.41) is 4.33. The molecule has 0 aromatic heterocycles. The molecule has 2 atom stereocenters. The Morgan fingerprint density at radius 2 is 2.06 bits per heavy atom. The molecule has 18 heavy (non-hydrogen) atoms. The predicted molar refractivity (Wildman–Crippen MR) is 78.4 cm³/mol. The minimum atomic E-state index is 0.245. The summed E-state index contributed by atoms with van der Waals surface area (Å²) in [6.07, 6.45) is 2.38. The number of halogens is 1. The van der Waals surface area contributed by atoms with Crippen molar-refractivity contribution in [3.63, 3.8) is 0 Å². The highest BCUT2D eigenvalue weighted by Gasteiger charge is 2.17. The number of nitrogens with one attached hydrogen (secondary N) is 1. The van der Waals surface area contributed by atoms with E-state index < -0.39 is 0 Å². The maximum atomic E-state index is 6.29. The molecular formula is C15H24ClNO. The molecule has 1 rings (SSSR count). The van der Waals surface area contributed by atoms with Gasteiger partial charge in [0.05, 0.1) is 6.10 Å². The molecular weight excluding hydrogens is 246 g/mol. The second-order valence-electron chi connectivity index (χ2n) is 4.70. The third kappa shape index (κ3) is 4.97. The molecule has 1 aromatic rings. The molecule has 0 radical (unpaired) electrons. The molecule has 0 aliphatic carbocycles. The van der Waals surface area contributed by atoms with Gasteiger partial charge < -0.3 is 10.1 Å². The second kappa shape index (κ2) is 8.52. The highest BCUT2D eigenvalue weighted by atomic mass is 35.5. The van der Waals surface area contributed by atoms with Crippen molar-refractivity contribution in [2.45, 2.75) is 38.7 Å². The van der Waals surface area contributed by atoms with Gasteiger partial charge >= 0.3 is 0 Å². The number of hydrogen-bond donors (Lipinski definition) is 1. The largest absolute Gasteiger partial charge is 0.382 e. The zero-order chi connectivity index (χ0) is 13.4. The first-order valence-electron chi connectivity index (χ1n) is 6.67. The predicted octanol–water partition coefficient (Wildman–Crippen LogP) is 3.85. The summed E-state index contributed by atoms with van der Waals surface area (Å²) in [5.41, 5.74) is 1.21. The van der Waals surface area contributed by atoms with Crippen molar-refractivity contribution in [2.24, 2.45) is 0 Å². The molecule has 0 saturated heterocycles. The summed E-state index contributed by atoms with van der Waals surface area (Å²) in [6.45, 7) is 6.27. The van der Waals surface area contributed by atoms with E-state index in [1.807, 2.05) is 18.2 Å². The molecule has 2 nitrogen and oxygen atoms in total.